The maximum Gasteiger partial charge on any atom is 0.130 e. The van der Waals surface area contributed by atoms with Crippen molar-refractivity contribution >= 4 is 17.6 Å². The van der Waals surface area contributed by atoms with Crippen molar-refractivity contribution in [1.82, 2.24) is 5.32 Å². The van der Waals surface area contributed by atoms with Crippen molar-refractivity contribution in [3.63, 3.8) is 0 Å². The highest BCUT2D eigenvalue weighted by Crippen LogP contribution is 2.42. The quantitative estimate of drug-likeness (QED) is 0.505. The van der Waals surface area contributed by atoms with Gasteiger partial charge in [0, 0.05) is 23.3 Å². The predicted octanol–water partition coefficient (Wildman–Crippen LogP) is 4.22. The largest absolute Gasteiger partial charge is 0.482 e. The van der Waals surface area contributed by atoms with E-state index in [-0.39, 0.29) is 5.60 Å². The lowest BCUT2D eigenvalue weighted by atomic mass is 9.83. The Morgan fingerprint density at radius 3 is 2.56 bits per heavy atom. The molecule has 0 atom stereocenters. The Labute approximate surface area is 152 Å². The van der Waals surface area contributed by atoms with Crippen LogP contribution in [0.15, 0.2) is 59.5 Å². The monoisotopic (exact) mass is 355 g/mol. The third-order valence-electron chi connectivity index (χ3n) is 4.71. The summed E-state index contributed by atoms with van der Waals surface area (Å²) in [6.07, 6.45) is 4.30. The topological polar surface area (TPSA) is 39.7 Å². The summed E-state index contributed by atoms with van der Waals surface area (Å²) >= 11 is 1.21. The van der Waals surface area contributed by atoms with Gasteiger partial charge in [-0.2, -0.15) is 4.33 Å². The highest BCUT2D eigenvalue weighted by atomic mass is 32.2. The summed E-state index contributed by atoms with van der Waals surface area (Å²) < 4.78 is 11.4. The average molecular weight is 355 g/mol. The molecule has 1 spiro atoms. The summed E-state index contributed by atoms with van der Waals surface area (Å²) in [5.41, 5.74) is 3.38. The van der Waals surface area contributed by atoms with Crippen LogP contribution in [-0.4, -0.2) is 25.8 Å². The number of hydrogen-bond donors (Lipinski definition) is 1. The van der Waals surface area contributed by atoms with Crippen molar-refractivity contribution in [2.45, 2.75) is 23.3 Å². The van der Waals surface area contributed by atoms with E-state index in [0.717, 1.165) is 42.1 Å². The normalized spacial score (nSPS) is 18.4. The van der Waals surface area contributed by atoms with Crippen molar-refractivity contribution in [3.8, 4) is 5.75 Å². The number of piperidine rings is 1. The van der Waals surface area contributed by atoms with Crippen LogP contribution < -0.4 is 10.1 Å². The molecule has 25 heavy (non-hydrogen) atoms. The molecule has 0 radical (unpaired) electrons. The molecule has 1 fully saturated rings. The first-order valence-corrected chi connectivity index (χ1v) is 9.24. The van der Waals surface area contributed by atoms with Gasteiger partial charge in [0.05, 0.1) is 19.2 Å². The molecule has 2 heterocycles. The molecule has 2 aromatic rings. The summed E-state index contributed by atoms with van der Waals surface area (Å²) in [7, 11) is 1.50. The number of hydrogen-bond acceptors (Lipinski definition) is 5. The lowest BCUT2D eigenvalue weighted by Gasteiger charge is -2.40. The van der Waals surface area contributed by atoms with Crippen LogP contribution >= 0.6 is 12.0 Å². The van der Waals surface area contributed by atoms with Crippen molar-refractivity contribution in [1.29, 1.82) is 0 Å². The van der Waals surface area contributed by atoms with Gasteiger partial charge >= 0.3 is 0 Å². The number of benzene rings is 2. The fourth-order valence-corrected chi connectivity index (χ4v) is 3.86. The zero-order valence-corrected chi connectivity index (χ0v) is 15.0. The van der Waals surface area contributed by atoms with E-state index in [0.29, 0.717) is 0 Å². The van der Waals surface area contributed by atoms with Gasteiger partial charge in [-0.3, -0.25) is 0 Å². The van der Waals surface area contributed by atoms with Crippen LogP contribution in [0.1, 0.15) is 24.0 Å². The van der Waals surface area contributed by atoms with Crippen LogP contribution in [0.2, 0.25) is 0 Å². The molecule has 0 unspecified atom stereocenters. The number of para-hydroxylation sites is 1. The first-order valence-electron chi connectivity index (χ1n) is 8.49. The van der Waals surface area contributed by atoms with Gasteiger partial charge in [0.1, 0.15) is 11.4 Å². The van der Waals surface area contributed by atoms with E-state index in [1.54, 1.807) is 0 Å². The van der Waals surface area contributed by atoms with E-state index < -0.39 is 0 Å². The van der Waals surface area contributed by atoms with Crippen molar-refractivity contribution in [3.05, 3.63) is 65.7 Å². The summed E-state index contributed by atoms with van der Waals surface area (Å²) in [6.45, 7) is 1.96. The van der Waals surface area contributed by atoms with Gasteiger partial charge < -0.3 is 10.1 Å². The summed E-state index contributed by atoms with van der Waals surface area (Å²) in [6, 6.07) is 16.7. The van der Waals surface area contributed by atoms with Crippen LogP contribution in [0.5, 0.6) is 5.75 Å². The molecule has 4 rings (SSSR count). The minimum Gasteiger partial charge on any atom is -0.482 e. The molecule has 1 N–H and O–H groups in total. The zero-order chi connectivity index (χ0) is 17.1. The molecule has 0 amide bonds. The molecule has 4 nitrogen and oxygen atoms in total. The van der Waals surface area contributed by atoms with Crippen LogP contribution in [0, 0.1) is 0 Å². The Morgan fingerprint density at radius 1 is 1.04 bits per heavy atom. The van der Waals surface area contributed by atoms with E-state index in [1.807, 2.05) is 18.2 Å². The number of nitrogens with one attached hydrogen (secondary N) is 1. The van der Waals surface area contributed by atoms with Crippen LogP contribution in [-0.2, 0) is 9.22 Å². The zero-order valence-electron chi connectivity index (χ0n) is 14.2. The first-order chi connectivity index (χ1) is 12.3. The van der Waals surface area contributed by atoms with Gasteiger partial charge in [0.2, 0.25) is 0 Å². The van der Waals surface area contributed by atoms with Gasteiger partial charge in [-0.25, -0.2) is 4.89 Å². The maximum atomic E-state index is 6.43. The van der Waals surface area contributed by atoms with Crippen molar-refractivity contribution < 1.29 is 14.0 Å². The Balaban J connectivity index is 1.71. The molecule has 0 aliphatic carbocycles. The molecule has 5 heteroatoms. The fourth-order valence-electron chi connectivity index (χ4n) is 3.47. The van der Waals surface area contributed by atoms with E-state index in [9.17, 15) is 0 Å². The van der Waals surface area contributed by atoms with E-state index in [1.165, 1.54) is 30.3 Å². The smallest absolute Gasteiger partial charge is 0.130 e. The minimum absolute atomic E-state index is 0.207. The van der Waals surface area contributed by atoms with E-state index >= 15 is 0 Å². The van der Waals surface area contributed by atoms with Gasteiger partial charge in [-0.05, 0) is 48.5 Å². The molecule has 1 saturated heterocycles. The van der Waals surface area contributed by atoms with Crippen LogP contribution in [0.25, 0.3) is 5.57 Å². The fraction of sp³-hybridized carbons (Fsp3) is 0.300. The molecule has 2 aromatic carbocycles. The molecule has 0 bridgehead atoms. The van der Waals surface area contributed by atoms with E-state index in [2.05, 4.69) is 46.6 Å². The first kappa shape index (κ1) is 16.7. The number of rotatable bonds is 4. The lowest BCUT2D eigenvalue weighted by molar-refractivity contribution is -0.160. The van der Waals surface area contributed by atoms with Crippen LogP contribution in [0.4, 0.5) is 0 Å². The SMILES string of the molecule is COOSc1ccc(C2=CC3(CCNCC3)Oc3ccccc32)cc1. The van der Waals surface area contributed by atoms with Crippen molar-refractivity contribution in [2.24, 2.45) is 0 Å². The summed E-state index contributed by atoms with van der Waals surface area (Å²) in [5.74, 6) is 0.975. The van der Waals surface area contributed by atoms with Gasteiger partial charge in [-0.15, -0.1) is 0 Å². The second-order valence-electron chi connectivity index (χ2n) is 6.31. The molecular formula is C20H21NO3S. The van der Waals surface area contributed by atoms with Gasteiger partial charge in [0.25, 0.3) is 0 Å². The molecule has 0 aromatic heterocycles. The molecule has 2 aliphatic heterocycles. The summed E-state index contributed by atoms with van der Waals surface area (Å²) in [4.78, 5) is 5.65. The average Bonchev–Trinajstić information content (AvgIpc) is 2.67. The Morgan fingerprint density at radius 2 is 1.80 bits per heavy atom. The molecule has 2 aliphatic rings. The standard InChI is InChI=1S/C20H21NO3S/c1-22-24-25-16-8-6-15(7-9-16)18-14-20(10-12-21-13-11-20)23-19-5-3-2-4-17(18)19/h2-9,14,21H,10-13H2,1H3. The Hall–Kier alpha value is -1.79. The Bertz CT molecular complexity index is 767. The van der Waals surface area contributed by atoms with Gasteiger partial charge in [-0.1, -0.05) is 30.3 Å². The molecule has 130 valence electrons. The third-order valence-corrected chi connectivity index (χ3v) is 5.38. The Kier molecular flexibility index (Phi) is 4.81. The lowest BCUT2D eigenvalue weighted by Crippen LogP contribution is -2.46. The third kappa shape index (κ3) is 3.46. The minimum atomic E-state index is -0.207. The number of fused-ring (bicyclic) bond motifs is 1. The van der Waals surface area contributed by atoms with Crippen molar-refractivity contribution in [2.75, 3.05) is 20.2 Å². The molecule has 0 saturated carbocycles. The molecular weight excluding hydrogens is 334 g/mol. The summed E-state index contributed by atoms with van der Waals surface area (Å²) in [5, 5.41) is 3.42. The highest BCUT2D eigenvalue weighted by molar-refractivity contribution is 7.94. The van der Waals surface area contributed by atoms with Crippen LogP contribution in [0.3, 0.4) is 0 Å². The van der Waals surface area contributed by atoms with Gasteiger partial charge in [0.15, 0.2) is 0 Å². The maximum absolute atomic E-state index is 6.43. The van der Waals surface area contributed by atoms with E-state index in [4.69, 9.17) is 9.07 Å². The second kappa shape index (κ2) is 7.22. The second-order valence-corrected chi connectivity index (χ2v) is 7.09. The highest BCUT2D eigenvalue weighted by Gasteiger charge is 2.36. The number of ether oxygens (including phenoxy) is 1. The predicted molar refractivity (Wildman–Crippen MR) is 99.4 cm³/mol.